The van der Waals surface area contributed by atoms with Gasteiger partial charge in [0.25, 0.3) is 5.91 Å². The fraction of sp³-hybridized carbons (Fsp3) is 0.292. The zero-order chi connectivity index (χ0) is 23.5. The van der Waals surface area contributed by atoms with E-state index in [1.807, 2.05) is 0 Å². The second kappa shape index (κ2) is 9.44. The first-order chi connectivity index (χ1) is 16.6. The molecule has 0 radical (unpaired) electrons. The van der Waals surface area contributed by atoms with E-state index in [1.54, 1.807) is 47.4 Å². The Bertz CT molecular complexity index is 1180. The molecule has 5 rings (SSSR count). The number of rotatable bonds is 6. The van der Waals surface area contributed by atoms with E-state index in [1.165, 1.54) is 7.11 Å². The summed E-state index contributed by atoms with van der Waals surface area (Å²) in [4.78, 5) is 30.7. The van der Waals surface area contributed by atoms with Crippen LogP contribution in [0.25, 0.3) is 6.08 Å². The quantitative estimate of drug-likeness (QED) is 0.470. The Balaban J connectivity index is 1.30. The maximum absolute atomic E-state index is 12.4. The van der Waals surface area contributed by atoms with E-state index in [0.29, 0.717) is 60.4 Å². The van der Waals surface area contributed by atoms with Crippen molar-refractivity contribution in [3.8, 4) is 23.0 Å². The van der Waals surface area contributed by atoms with Crippen LogP contribution in [-0.2, 0) is 19.1 Å². The van der Waals surface area contributed by atoms with E-state index in [0.717, 1.165) is 0 Å². The molecule has 2 aromatic carbocycles. The third-order valence-electron chi connectivity index (χ3n) is 5.45. The van der Waals surface area contributed by atoms with Gasteiger partial charge in [-0.3, -0.25) is 4.79 Å². The van der Waals surface area contributed by atoms with E-state index in [-0.39, 0.29) is 30.9 Å². The Hall–Kier alpha value is -4.05. The first kappa shape index (κ1) is 21.8. The number of methoxy groups -OCH3 is 1. The Morgan fingerprint density at radius 2 is 1.91 bits per heavy atom. The first-order valence-electron chi connectivity index (χ1n) is 10.7. The number of carbonyl (C=O) groups is 2. The number of aliphatic imine (C=N–C) groups is 1. The zero-order valence-electron chi connectivity index (χ0n) is 18.4. The molecule has 0 aliphatic carbocycles. The van der Waals surface area contributed by atoms with Crippen molar-refractivity contribution in [3.63, 3.8) is 0 Å². The number of ether oxygens (including phenoxy) is 6. The van der Waals surface area contributed by atoms with Crippen molar-refractivity contribution < 1.29 is 38.0 Å². The number of morpholine rings is 1. The number of esters is 1. The van der Waals surface area contributed by atoms with Crippen LogP contribution in [0, 0.1) is 0 Å². The number of benzene rings is 2. The van der Waals surface area contributed by atoms with Crippen LogP contribution in [0.1, 0.15) is 11.1 Å². The molecule has 1 fully saturated rings. The molecule has 0 aromatic heterocycles. The highest BCUT2D eigenvalue weighted by molar-refractivity contribution is 6.13. The van der Waals surface area contributed by atoms with Crippen molar-refractivity contribution in [1.29, 1.82) is 0 Å². The van der Waals surface area contributed by atoms with Crippen LogP contribution in [0.5, 0.6) is 23.0 Å². The molecule has 1 amide bonds. The lowest BCUT2D eigenvalue weighted by Gasteiger charge is -2.26. The number of hydrogen-bond donors (Lipinski definition) is 0. The van der Waals surface area contributed by atoms with E-state index in [9.17, 15) is 9.59 Å². The van der Waals surface area contributed by atoms with Gasteiger partial charge in [-0.15, -0.1) is 0 Å². The summed E-state index contributed by atoms with van der Waals surface area (Å²) < 4.78 is 32.4. The molecule has 3 heterocycles. The molecule has 1 saturated heterocycles. The Labute approximate surface area is 195 Å². The molecular formula is C24H22N2O8. The van der Waals surface area contributed by atoms with E-state index >= 15 is 0 Å². The third-order valence-corrected chi connectivity index (χ3v) is 5.45. The highest BCUT2D eigenvalue weighted by atomic mass is 16.7. The Kier molecular flexibility index (Phi) is 6.05. The molecule has 176 valence electrons. The van der Waals surface area contributed by atoms with Gasteiger partial charge in [-0.05, 0) is 42.0 Å². The summed E-state index contributed by atoms with van der Waals surface area (Å²) in [6.07, 6.45) is 1.59. The Morgan fingerprint density at radius 3 is 2.74 bits per heavy atom. The predicted molar refractivity (Wildman–Crippen MR) is 119 cm³/mol. The number of nitrogens with zero attached hydrogens (tertiary/aromatic N) is 2. The lowest BCUT2D eigenvalue weighted by atomic mass is 10.1. The number of carbonyl (C=O) groups excluding carboxylic acids is 2. The van der Waals surface area contributed by atoms with Gasteiger partial charge in [0.1, 0.15) is 0 Å². The third kappa shape index (κ3) is 4.53. The topological polar surface area (TPSA) is 105 Å². The summed E-state index contributed by atoms with van der Waals surface area (Å²) in [5.41, 5.74) is 1.41. The first-order valence-corrected chi connectivity index (χ1v) is 10.7. The molecule has 3 aliphatic heterocycles. The average Bonchev–Trinajstić information content (AvgIpc) is 3.49. The van der Waals surface area contributed by atoms with Gasteiger partial charge in [0.05, 0.1) is 20.3 Å². The van der Waals surface area contributed by atoms with Crippen LogP contribution < -0.4 is 18.9 Å². The molecular weight excluding hydrogens is 444 g/mol. The fourth-order valence-corrected chi connectivity index (χ4v) is 3.66. The lowest BCUT2D eigenvalue weighted by molar-refractivity contribution is -0.137. The van der Waals surface area contributed by atoms with Crippen LogP contribution >= 0.6 is 0 Å². The Morgan fingerprint density at radius 1 is 1.09 bits per heavy atom. The van der Waals surface area contributed by atoms with Crippen LogP contribution in [0.15, 0.2) is 47.1 Å². The summed E-state index contributed by atoms with van der Waals surface area (Å²) in [6.45, 7) is 2.21. The number of fused-ring (bicyclic) bond motifs is 1. The van der Waals surface area contributed by atoms with Gasteiger partial charge in [-0.2, -0.15) is 0 Å². The number of cyclic esters (lactones) is 1. The van der Waals surface area contributed by atoms with Gasteiger partial charge in [0.15, 0.2) is 35.3 Å². The van der Waals surface area contributed by atoms with Gasteiger partial charge >= 0.3 is 5.97 Å². The highest BCUT2D eigenvalue weighted by Crippen LogP contribution is 2.34. The van der Waals surface area contributed by atoms with Crippen LogP contribution in [0.4, 0.5) is 0 Å². The second-order valence-electron chi connectivity index (χ2n) is 7.60. The van der Waals surface area contributed by atoms with Crippen molar-refractivity contribution in [2.45, 2.75) is 0 Å². The van der Waals surface area contributed by atoms with Crippen molar-refractivity contribution in [3.05, 3.63) is 53.2 Å². The lowest BCUT2D eigenvalue weighted by Crippen LogP contribution is -2.43. The van der Waals surface area contributed by atoms with Gasteiger partial charge in [0.2, 0.25) is 12.7 Å². The van der Waals surface area contributed by atoms with Crippen molar-refractivity contribution >= 4 is 23.9 Å². The SMILES string of the molecule is COc1cc(/C=C2\N=C(c3ccc4c(c3)OCO4)OC2=O)ccc1OCC(=O)N1CCOCC1. The summed E-state index contributed by atoms with van der Waals surface area (Å²) in [7, 11) is 1.50. The van der Waals surface area contributed by atoms with Crippen molar-refractivity contribution in [2.75, 3.05) is 46.8 Å². The minimum Gasteiger partial charge on any atom is -0.493 e. The minimum absolute atomic E-state index is 0.105. The smallest absolute Gasteiger partial charge is 0.363 e. The average molecular weight is 466 g/mol. The molecule has 0 saturated carbocycles. The molecule has 2 aromatic rings. The van der Waals surface area contributed by atoms with Gasteiger partial charge < -0.3 is 33.3 Å². The normalized spacial score (nSPS) is 18.0. The number of hydrogen-bond acceptors (Lipinski definition) is 9. The fourth-order valence-electron chi connectivity index (χ4n) is 3.66. The maximum Gasteiger partial charge on any atom is 0.363 e. The summed E-state index contributed by atoms with van der Waals surface area (Å²) >= 11 is 0. The molecule has 0 N–H and O–H groups in total. The standard InChI is InChI=1S/C24H22N2O8/c1-29-20-11-15(2-4-18(20)31-13-22(27)26-6-8-30-9-7-26)10-17-24(28)34-23(25-17)16-3-5-19-21(12-16)33-14-32-19/h2-5,10-12H,6-9,13-14H2,1H3/b17-10-. The summed E-state index contributed by atoms with van der Waals surface area (Å²) in [5.74, 6) is 1.55. The van der Waals surface area contributed by atoms with Crippen molar-refractivity contribution in [1.82, 2.24) is 4.90 Å². The van der Waals surface area contributed by atoms with E-state index in [4.69, 9.17) is 28.4 Å². The molecule has 0 spiro atoms. The van der Waals surface area contributed by atoms with Crippen LogP contribution in [-0.4, -0.2) is 69.5 Å². The minimum atomic E-state index is -0.567. The van der Waals surface area contributed by atoms with Gasteiger partial charge in [-0.25, -0.2) is 9.79 Å². The summed E-state index contributed by atoms with van der Waals surface area (Å²) in [6, 6.07) is 10.3. The zero-order valence-corrected chi connectivity index (χ0v) is 18.4. The van der Waals surface area contributed by atoms with Crippen LogP contribution in [0.3, 0.4) is 0 Å². The second-order valence-corrected chi connectivity index (χ2v) is 7.60. The molecule has 10 nitrogen and oxygen atoms in total. The monoisotopic (exact) mass is 466 g/mol. The van der Waals surface area contributed by atoms with E-state index < -0.39 is 5.97 Å². The number of amides is 1. The molecule has 10 heteroatoms. The van der Waals surface area contributed by atoms with Gasteiger partial charge in [-0.1, -0.05) is 6.07 Å². The molecule has 34 heavy (non-hydrogen) atoms. The molecule has 0 atom stereocenters. The molecule has 0 bridgehead atoms. The van der Waals surface area contributed by atoms with E-state index in [2.05, 4.69) is 4.99 Å². The molecule has 3 aliphatic rings. The summed E-state index contributed by atoms with van der Waals surface area (Å²) in [5, 5.41) is 0. The van der Waals surface area contributed by atoms with Gasteiger partial charge in [0, 0.05) is 18.7 Å². The van der Waals surface area contributed by atoms with Crippen molar-refractivity contribution in [2.24, 2.45) is 4.99 Å². The highest BCUT2D eigenvalue weighted by Gasteiger charge is 2.26. The maximum atomic E-state index is 12.4. The largest absolute Gasteiger partial charge is 0.493 e. The van der Waals surface area contributed by atoms with Crippen LogP contribution in [0.2, 0.25) is 0 Å². The predicted octanol–water partition coefficient (Wildman–Crippen LogP) is 2.01. The molecule has 0 unspecified atom stereocenters.